The molecule has 0 aliphatic carbocycles. The molecule has 4 rings (SSSR count). The van der Waals surface area contributed by atoms with Crippen LogP contribution in [0.25, 0.3) is 5.76 Å². The van der Waals surface area contributed by atoms with Crippen LogP contribution in [0, 0.1) is 0 Å². The van der Waals surface area contributed by atoms with Gasteiger partial charge in [-0.05, 0) is 57.6 Å². The Hall–Kier alpha value is -2.31. The number of benzene rings is 1. The molecule has 0 unspecified atom stereocenters. The number of nitrogens with zero attached hydrogens (tertiary/aromatic N) is 2. The number of anilines is 1. The number of likely N-dealkylation sites (N-methyl/N-ethyl adjacent to an activating group) is 1. The quantitative estimate of drug-likeness (QED) is 0.391. The highest BCUT2D eigenvalue weighted by molar-refractivity contribution is 5.95. The van der Waals surface area contributed by atoms with Crippen molar-refractivity contribution in [3.05, 3.63) is 46.7 Å². The maximum absolute atomic E-state index is 12.6. The molecule has 3 aliphatic rings. The summed E-state index contributed by atoms with van der Waals surface area (Å²) in [6, 6.07) is 7.01. The van der Waals surface area contributed by atoms with Gasteiger partial charge in [0.2, 0.25) is 5.91 Å². The lowest BCUT2D eigenvalue weighted by molar-refractivity contribution is -0.116. The molecule has 1 amide bonds. The van der Waals surface area contributed by atoms with Gasteiger partial charge < -0.3 is 24.0 Å². The minimum Gasteiger partial charge on any atom is -0.496 e. The van der Waals surface area contributed by atoms with Crippen LogP contribution in [0.5, 0.6) is 0 Å². The number of fused-ring (bicyclic) bond motifs is 2. The molecule has 6 nitrogen and oxygen atoms in total. The van der Waals surface area contributed by atoms with Crippen LogP contribution >= 0.6 is 0 Å². The van der Waals surface area contributed by atoms with E-state index in [0.29, 0.717) is 6.04 Å². The molecule has 0 N–H and O–H groups in total. The lowest BCUT2D eigenvalue weighted by Gasteiger charge is -2.37. The first-order chi connectivity index (χ1) is 16.9. The molecule has 192 valence electrons. The van der Waals surface area contributed by atoms with Gasteiger partial charge in [0.15, 0.2) is 0 Å². The molecule has 6 heteroatoms. The zero-order chi connectivity index (χ0) is 25.0. The van der Waals surface area contributed by atoms with E-state index in [0.717, 1.165) is 88.6 Å². The van der Waals surface area contributed by atoms with Crippen LogP contribution in [0.15, 0.2) is 35.5 Å². The fraction of sp³-hybridized carbons (Fsp3) is 0.621. The first kappa shape index (κ1) is 25.8. The Labute approximate surface area is 210 Å². The second-order valence-electron chi connectivity index (χ2n) is 10.1. The average Bonchev–Trinajstić information content (AvgIpc) is 3.20. The highest BCUT2D eigenvalue weighted by Gasteiger charge is 2.45. The van der Waals surface area contributed by atoms with Crippen LogP contribution in [-0.2, 0) is 24.4 Å². The summed E-state index contributed by atoms with van der Waals surface area (Å²) in [7, 11) is 1.74. The zero-order valence-corrected chi connectivity index (χ0v) is 22.2. The number of allylic oxidation sites excluding steroid dienone is 2. The van der Waals surface area contributed by atoms with Gasteiger partial charge in [0.25, 0.3) is 0 Å². The summed E-state index contributed by atoms with van der Waals surface area (Å²) in [4.78, 5) is 17.1. The SMILES string of the molecule is CC/C(C)=C(\C=C(/OC)c1ccc2c(c1)N(C(C)=O)CC21CCOCC1)N(CC)C1CCOCC1. The molecule has 0 bridgehead atoms. The molecule has 1 spiro atoms. The molecule has 35 heavy (non-hydrogen) atoms. The number of hydrogen-bond acceptors (Lipinski definition) is 5. The third kappa shape index (κ3) is 5.14. The van der Waals surface area contributed by atoms with Crippen molar-refractivity contribution in [3.8, 4) is 0 Å². The van der Waals surface area contributed by atoms with E-state index in [9.17, 15) is 4.79 Å². The second kappa shape index (κ2) is 11.2. The molecule has 3 aliphatic heterocycles. The molecule has 0 atom stereocenters. The van der Waals surface area contributed by atoms with Gasteiger partial charge in [-0.1, -0.05) is 24.6 Å². The summed E-state index contributed by atoms with van der Waals surface area (Å²) in [5.41, 5.74) is 5.89. The van der Waals surface area contributed by atoms with Gasteiger partial charge in [0.1, 0.15) is 5.76 Å². The van der Waals surface area contributed by atoms with Crippen LogP contribution in [-0.4, -0.2) is 63.5 Å². The van der Waals surface area contributed by atoms with Gasteiger partial charge >= 0.3 is 0 Å². The van der Waals surface area contributed by atoms with Crippen LogP contribution in [0.4, 0.5) is 5.69 Å². The fourth-order valence-corrected chi connectivity index (χ4v) is 5.94. The van der Waals surface area contributed by atoms with Crippen molar-refractivity contribution in [2.24, 2.45) is 0 Å². The molecule has 0 radical (unpaired) electrons. The number of methoxy groups -OCH3 is 1. The van der Waals surface area contributed by atoms with Crippen molar-refractivity contribution in [1.82, 2.24) is 4.90 Å². The predicted octanol–water partition coefficient (Wildman–Crippen LogP) is 5.27. The Bertz CT molecular complexity index is 971. The number of ether oxygens (including phenoxy) is 3. The predicted molar refractivity (Wildman–Crippen MR) is 140 cm³/mol. The fourth-order valence-electron chi connectivity index (χ4n) is 5.94. The Morgan fingerprint density at radius 1 is 1.14 bits per heavy atom. The van der Waals surface area contributed by atoms with Crippen molar-refractivity contribution < 1.29 is 19.0 Å². The van der Waals surface area contributed by atoms with Gasteiger partial charge in [-0.3, -0.25) is 4.79 Å². The van der Waals surface area contributed by atoms with Crippen molar-refractivity contribution in [2.45, 2.75) is 71.3 Å². The van der Waals surface area contributed by atoms with Crippen molar-refractivity contribution in [2.75, 3.05) is 51.5 Å². The maximum Gasteiger partial charge on any atom is 0.223 e. The third-order valence-corrected chi connectivity index (χ3v) is 8.17. The van der Waals surface area contributed by atoms with E-state index in [1.54, 1.807) is 14.0 Å². The lowest BCUT2D eigenvalue weighted by atomic mass is 9.75. The van der Waals surface area contributed by atoms with E-state index in [1.807, 2.05) is 4.90 Å². The van der Waals surface area contributed by atoms with Gasteiger partial charge in [0.05, 0.1) is 7.11 Å². The second-order valence-corrected chi connectivity index (χ2v) is 10.1. The molecule has 0 aromatic heterocycles. The average molecular weight is 483 g/mol. The Kier molecular flexibility index (Phi) is 8.23. The number of hydrogen-bond donors (Lipinski definition) is 0. The minimum atomic E-state index is 0.000652. The van der Waals surface area contributed by atoms with Crippen LogP contribution in [0.1, 0.15) is 70.9 Å². The van der Waals surface area contributed by atoms with Gasteiger partial charge in [-0.25, -0.2) is 0 Å². The first-order valence-electron chi connectivity index (χ1n) is 13.2. The minimum absolute atomic E-state index is 0.000652. The Morgan fingerprint density at radius 3 is 2.43 bits per heavy atom. The standard InChI is InChI=1S/C29H42N2O4/c1-6-21(3)26(30(7-2)24-10-14-34-15-11-24)19-28(33-5)23-8-9-25-27(18-23)31(22(4)32)20-29(25)12-16-35-17-13-29/h8-9,18-19,24H,6-7,10-17,20H2,1-5H3/b26-21+,28-19-. The van der Waals surface area contributed by atoms with E-state index >= 15 is 0 Å². The number of rotatable bonds is 7. The van der Waals surface area contributed by atoms with E-state index in [-0.39, 0.29) is 11.3 Å². The summed E-state index contributed by atoms with van der Waals surface area (Å²) in [6.45, 7) is 13.1. The lowest BCUT2D eigenvalue weighted by Crippen LogP contribution is -2.40. The van der Waals surface area contributed by atoms with Crippen molar-refractivity contribution >= 4 is 17.4 Å². The molecule has 3 heterocycles. The van der Waals surface area contributed by atoms with Crippen LogP contribution in [0.2, 0.25) is 0 Å². The van der Waals surface area contributed by atoms with Crippen molar-refractivity contribution in [3.63, 3.8) is 0 Å². The first-order valence-corrected chi connectivity index (χ1v) is 13.2. The molecule has 1 aromatic carbocycles. The third-order valence-electron chi connectivity index (χ3n) is 8.17. The van der Waals surface area contributed by atoms with Gasteiger partial charge in [0, 0.05) is 80.9 Å². The molecular weight excluding hydrogens is 440 g/mol. The molecule has 2 fully saturated rings. The molecule has 0 saturated carbocycles. The molecule has 2 saturated heterocycles. The molecule has 1 aromatic rings. The zero-order valence-electron chi connectivity index (χ0n) is 22.2. The monoisotopic (exact) mass is 482 g/mol. The summed E-state index contributed by atoms with van der Waals surface area (Å²) in [5.74, 6) is 0.923. The largest absolute Gasteiger partial charge is 0.496 e. The van der Waals surface area contributed by atoms with Crippen LogP contribution in [0.3, 0.4) is 0 Å². The Balaban J connectivity index is 1.74. The van der Waals surface area contributed by atoms with Gasteiger partial charge in [-0.15, -0.1) is 0 Å². The molecular formula is C29H42N2O4. The van der Waals surface area contributed by atoms with E-state index in [2.05, 4.69) is 49.9 Å². The Morgan fingerprint density at radius 2 is 1.83 bits per heavy atom. The summed E-state index contributed by atoms with van der Waals surface area (Å²) >= 11 is 0. The summed E-state index contributed by atoms with van der Waals surface area (Å²) in [6.07, 6.45) is 7.18. The number of carbonyl (C=O) groups excluding carboxylic acids is 1. The van der Waals surface area contributed by atoms with E-state index < -0.39 is 0 Å². The normalized spacial score (nSPS) is 21.1. The highest BCUT2D eigenvalue weighted by atomic mass is 16.5. The van der Waals surface area contributed by atoms with E-state index in [4.69, 9.17) is 14.2 Å². The summed E-state index contributed by atoms with van der Waals surface area (Å²) in [5, 5.41) is 0. The van der Waals surface area contributed by atoms with Crippen molar-refractivity contribution in [1.29, 1.82) is 0 Å². The highest BCUT2D eigenvalue weighted by Crippen LogP contribution is 2.47. The number of amides is 1. The van der Waals surface area contributed by atoms with E-state index in [1.165, 1.54) is 16.8 Å². The number of carbonyl (C=O) groups is 1. The topological polar surface area (TPSA) is 51.2 Å². The van der Waals surface area contributed by atoms with Gasteiger partial charge in [-0.2, -0.15) is 0 Å². The summed E-state index contributed by atoms with van der Waals surface area (Å²) < 4.78 is 17.3. The smallest absolute Gasteiger partial charge is 0.223 e. The maximum atomic E-state index is 12.6. The van der Waals surface area contributed by atoms with Crippen LogP contribution < -0.4 is 4.90 Å².